The number of methoxy groups -OCH3 is 1. The number of imidazole rings is 4. The molecule has 2 saturated heterocycles. The van der Waals surface area contributed by atoms with Crippen LogP contribution < -0.4 is 58.6 Å². The van der Waals surface area contributed by atoms with Gasteiger partial charge in [-0.25, -0.2) is 19.9 Å². The third-order valence-corrected chi connectivity index (χ3v) is 23.1. The summed E-state index contributed by atoms with van der Waals surface area (Å²) in [5.41, 5.74) is 21.4. The molecule has 19 rings (SSSR count). The van der Waals surface area contributed by atoms with Crippen molar-refractivity contribution in [3.05, 3.63) is 351 Å². The van der Waals surface area contributed by atoms with Crippen LogP contribution >= 0.6 is 0 Å². The molecule has 13 aromatic heterocycles. The quantitative estimate of drug-likeness (QED) is 0.0271. The summed E-state index contributed by atoms with van der Waals surface area (Å²) < 4.78 is 13.0. The number of nitrogens with zero attached hydrogens (tertiary/aromatic N) is 14. The van der Waals surface area contributed by atoms with Gasteiger partial charge in [-0.15, -0.1) is 0 Å². The maximum atomic E-state index is 12.7. The number of nitrogens with one attached hydrogen (secondary N) is 9. The van der Waals surface area contributed by atoms with Gasteiger partial charge in [-0.2, -0.15) is 0 Å². The van der Waals surface area contributed by atoms with Gasteiger partial charge in [0.1, 0.15) is 0 Å². The Hall–Kier alpha value is -15.8. The number of amides is 2. The van der Waals surface area contributed by atoms with Crippen molar-refractivity contribution >= 4 is 91.3 Å². The largest absolute Gasteiger partial charge is 0.383 e. The molecule has 0 spiro atoms. The molecule has 2 amide bonds. The van der Waals surface area contributed by atoms with Gasteiger partial charge in [0.2, 0.25) is 22.2 Å². The van der Waals surface area contributed by atoms with Crippen LogP contribution in [0.3, 0.4) is 0 Å². The van der Waals surface area contributed by atoms with E-state index in [1.807, 2.05) is 171 Å². The second-order valence-corrected chi connectivity index (χ2v) is 31.5. The van der Waals surface area contributed by atoms with Crippen molar-refractivity contribution in [3.8, 4) is 45.0 Å². The first kappa shape index (κ1) is 86.7. The summed E-state index contributed by atoms with van der Waals surface area (Å²) in [6.45, 7) is 18.6. The summed E-state index contributed by atoms with van der Waals surface area (Å²) in [7, 11) is 3.82. The summed E-state index contributed by atoms with van der Waals surface area (Å²) in [6, 6.07) is 66.3. The molecule has 4 aromatic carbocycles. The maximum Gasteiger partial charge on any atom is 0.253 e. The molecule has 654 valence electrons. The van der Waals surface area contributed by atoms with E-state index >= 15 is 0 Å². The maximum absolute atomic E-state index is 12.7. The number of ether oxygens (including phenoxy) is 1. The fourth-order valence-corrected chi connectivity index (χ4v) is 16.1. The highest BCUT2D eigenvalue weighted by molar-refractivity contribution is 5.96. The number of carbonyl (C=O) groups is 2. The van der Waals surface area contributed by atoms with E-state index in [1.54, 1.807) is 110 Å². The number of aromatic amines is 4. The van der Waals surface area contributed by atoms with E-state index in [9.17, 15) is 28.8 Å². The Morgan fingerprint density at radius 3 is 1.22 bits per heavy atom. The second kappa shape index (κ2) is 40.5. The van der Waals surface area contributed by atoms with Crippen LogP contribution in [0.4, 0.5) is 56.9 Å². The normalized spacial score (nSPS) is 13.9. The number of piperazine rings is 2. The Morgan fingerprint density at radius 2 is 0.853 bits per heavy atom. The molecule has 0 bridgehead atoms. The molecule has 0 aliphatic carbocycles. The zero-order valence-electron chi connectivity index (χ0n) is 72.5. The van der Waals surface area contributed by atoms with Crippen molar-refractivity contribution < 1.29 is 14.3 Å². The van der Waals surface area contributed by atoms with Crippen molar-refractivity contribution in [3.63, 3.8) is 0 Å². The zero-order chi connectivity index (χ0) is 89.3. The van der Waals surface area contributed by atoms with Crippen molar-refractivity contribution in [2.45, 2.75) is 46.2 Å². The summed E-state index contributed by atoms with van der Waals surface area (Å²) in [6.07, 6.45) is 25.4. The molecule has 30 heteroatoms. The molecule has 9 N–H and O–H groups in total. The van der Waals surface area contributed by atoms with Crippen LogP contribution in [-0.2, 0) is 11.2 Å². The Bertz CT molecular complexity index is 6950. The summed E-state index contributed by atoms with van der Waals surface area (Å²) >= 11 is 0. The molecule has 129 heavy (non-hydrogen) atoms. The van der Waals surface area contributed by atoms with E-state index in [4.69, 9.17) is 4.74 Å². The smallest absolute Gasteiger partial charge is 0.253 e. The van der Waals surface area contributed by atoms with E-state index in [0.29, 0.717) is 49.5 Å². The Balaban J connectivity index is 0.000000126. The third-order valence-electron chi connectivity index (χ3n) is 23.1. The number of carbonyl (C=O) groups excluding carboxylic acids is 2. The average molecular weight is 1730 g/mol. The first-order valence-corrected chi connectivity index (χ1v) is 43.0. The topological polar surface area (TPSA) is 333 Å². The minimum atomic E-state index is -0.158. The number of benzene rings is 4. The van der Waals surface area contributed by atoms with E-state index in [2.05, 4.69) is 167 Å². The Kier molecular flexibility index (Phi) is 27.2. The van der Waals surface area contributed by atoms with Gasteiger partial charge in [-0.05, 0) is 222 Å². The lowest BCUT2D eigenvalue weighted by Crippen LogP contribution is -2.55. The number of fused-ring (bicyclic) bond motifs is 4. The fourth-order valence-electron chi connectivity index (χ4n) is 16.1. The highest BCUT2D eigenvalue weighted by Crippen LogP contribution is 2.34. The van der Waals surface area contributed by atoms with Crippen LogP contribution in [0.2, 0.25) is 0 Å². The molecule has 0 radical (unpaired) electrons. The Labute approximate surface area is 743 Å². The van der Waals surface area contributed by atoms with E-state index in [1.165, 1.54) is 11.4 Å². The molecule has 15 heterocycles. The average Bonchev–Trinajstić information content (AvgIpc) is 1.71. The first-order chi connectivity index (χ1) is 63.0. The summed E-state index contributed by atoms with van der Waals surface area (Å²) in [5.74, 6) is -0.137. The van der Waals surface area contributed by atoms with Gasteiger partial charge in [0.05, 0.1) is 52.1 Å². The van der Waals surface area contributed by atoms with Crippen molar-refractivity contribution in [1.82, 2.24) is 82.5 Å². The third kappa shape index (κ3) is 20.8. The van der Waals surface area contributed by atoms with Crippen LogP contribution in [0.1, 0.15) is 54.0 Å². The fraction of sp³-hybridized carbons (Fsp3) is 0.202. The predicted molar refractivity (Wildman–Crippen MR) is 511 cm³/mol. The van der Waals surface area contributed by atoms with Gasteiger partial charge in [-0.3, -0.25) is 56.3 Å². The number of H-pyrrole nitrogens is 4. The number of likely N-dealkylation sites (N-methyl/N-ethyl adjacent to an activating group) is 3. The number of hydrogen-bond acceptors (Lipinski definition) is 20. The molecule has 30 nitrogen and oxygen atoms in total. The van der Waals surface area contributed by atoms with Gasteiger partial charge < -0.3 is 70.9 Å². The SMILES string of the molecule is CCN(CCOC)C(=O)c1ccc(Nc2ccc(-c3cc[nH]c(=O)c3)n3ccnc23)cc1.CCN1CCN(c2ccc(Nc3ccc(-c4cc[nH]c(=O)c4)n4ccnc34)cc2)CC1.C[C@@H]1CN(C)[C@@H](C)CN1c1ccc(Nc2ccc(-c3cc[nH]c(=O)c3)n3ccnc23)cc1.O=C(NCCc1cccnc1)c1ccc(Nc2ccc(-c3cc[nH]c(=O)c3)n3ccnc23)cc1. The number of anilines is 10. The lowest BCUT2D eigenvalue weighted by molar-refractivity contribution is 0.0706. The van der Waals surface area contributed by atoms with Crippen LogP contribution in [0.15, 0.2) is 312 Å². The second-order valence-electron chi connectivity index (χ2n) is 31.5. The molecule has 0 unspecified atom stereocenters. The van der Waals surface area contributed by atoms with Gasteiger partial charge in [0, 0.05) is 257 Å². The lowest BCUT2D eigenvalue weighted by atomic mass is 10.1. The highest BCUT2D eigenvalue weighted by Gasteiger charge is 2.28. The van der Waals surface area contributed by atoms with E-state index in [-0.39, 0.29) is 34.1 Å². The standard InChI is InChI=1S/C26H22N6O2.C25H28N6O.C24H26N6O.C24H25N5O3/c33-24-16-20(10-13-28-24)23-8-7-22(25-29-14-15-32(23)25)31-21-5-3-19(4-6-21)26(34)30-12-9-18-2-1-11-27-17-18;1-17-16-31(18(2)15-29(17)3)21-6-4-20(5-7-21)28-22-8-9-23(30-13-12-27-25(22)30)19-10-11-26-24(32)14-19;1-2-28-13-15-29(16-14-28)20-5-3-19(4-6-20)27-21-7-8-22(30-12-11-26-24(21)30)18-9-10-25-23(31)17-18;1-3-28(14-15-32-2)24(31)17-4-6-19(7-5-17)27-20-8-9-21(29-13-12-26-23(20)29)18-10-11-25-22(30)16-18/h1-8,10-11,13-17,31H,9,12H2,(H,28,33)(H,30,34);4-14,17-18,28H,15-16H2,1-3H3,(H,26,32);3-12,17,27H,2,13-16H2,1H3,(H,25,31);4-13,16,27H,3,14-15H2,1-2H3,(H,25,30)/t;17-,18+;;/m.0../s1. The van der Waals surface area contributed by atoms with Gasteiger partial charge in [-0.1, -0.05) is 13.0 Å². The molecular weight excluding hydrogens is 1620 g/mol. The molecule has 2 atom stereocenters. The van der Waals surface area contributed by atoms with Crippen molar-refractivity contribution in [2.75, 3.05) is 117 Å². The molecule has 0 saturated carbocycles. The van der Waals surface area contributed by atoms with E-state index in [0.717, 1.165) is 171 Å². The van der Waals surface area contributed by atoms with Crippen molar-refractivity contribution in [1.29, 1.82) is 0 Å². The van der Waals surface area contributed by atoms with Gasteiger partial charge in [0.15, 0.2) is 22.6 Å². The lowest BCUT2D eigenvalue weighted by Gasteiger charge is -2.43. The summed E-state index contributed by atoms with van der Waals surface area (Å²) in [5, 5.41) is 16.7. The number of aromatic nitrogens is 13. The minimum Gasteiger partial charge on any atom is -0.383 e. The monoisotopic (exact) mass is 1720 g/mol. The summed E-state index contributed by atoms with van der Waals surface area (Å²) in [4.78, 5) is 116. The van der Waals surface area contributed by atoms with Crippen LogP contribution in [0, 0.1) is 0 Å². The minimum absolute atomic E-state index is 0.0195. The first-order valence-electron chi connectivity index (χ1n) is 43.0. The van der Waals surface area contributed by atoms with Crippen LogP contribution in [0.5, 0.6) is 0 Å². The molecule has 2 aliphatic heterocycles. The van der Waals surface area contributed by atoms with Gasteiger partial charge >= 0.3 is 0 Å². The van der Waals surface area contributed by atoms with Crippen LogP contribution in [0.25, 0.3) is 67.6 Å². The number of hydrogen-bond donors (Lipinski definition) is 9. The van der Waals surface area contributed by atoms with E-state index < -0.39 is 0 Å². The highest BCUT2D eigenvalue weighted by atomic mass is 16.5. The van der Waals surface area contributed by atoms with Crippen molar-refractivity contribution in [2.24, 2.45) is 0 Å². The zero-order valence-corrected chi connectivity index (χ0v) is 72.5. The number of rotatable bonds is 24. The molecular formula is C99H101N23O7. The number of pyridine rings is 9. The Morgan fingerprint density at radius 1 is 0.457 bits per heavy atom. The van der Waals surface area contributed by atoms with Crippen LogP contribution in [-0.4, -0.2) is 187 Å². The molecule has 2 aliphatic rings. The predicted octanol–water partition coefficient (Wildman–Crippen LogP) is 14.9. The molecule has 17 aromatic rings. The molecule has 2 fully saturated rings. The van der Waals surface area contributed by atoms with Gasteiger partial charge in [0.25, 0.3) is 11.8 Å².